The van der Waals surface area contributed by atoms with Crippen LogP contribution in [-0.2, 0) is 27.3 Å². The van der Waals surface area contributed by atoms with Gasteiger partial charge in [0.15, 0.2) is 0 Å². The summed E-state index contributed by atoms with van der Waals surface area (Å²) in [7, 11) is 0. The Morgan fingerprint density at radius 1 is 0.885 bits per heavy atom. The van der Waals surface area contributed by atoms with Crippen LogP contribution in [-0.4, -0.2) is 92.2 Å². The van der Waals surface area contributed by atoms with Crippen molar-refractivity contribution in [3.8, 4) is 0 Å². The number of rotatable bonds is 4. The van der Waals surface area contributed by atoms with Crippen molar-refractivity contribution in [1.82, 2.24) is 45.7 Å². The number of amides is 5. The number of aromatic nitrogens is 4. The van der Waals surface area contributed by atoms with Crippen molar-refractivity contribution >= 4 is 51.5 Å². The fourth-order valence-electron chi connectivity index (χ4n) is 6.48. The van der Waals surface area contributed by atoms with Gasteiger partial charge in [0.1, 0.15) is 23.6 Å². The number of hydrogen-bond donors (Lipinski definition) is 5. The lowest BCUT2D eigenvalue weighted by molar-refractivity contribution is -0.132. The van der Waals surface area contributed by atoms with Gasteiger partial charge >= 0.3 is 0 Å². The van der Waals surface area contributed by atoms with E-state index in [0.29, 0.717) is 31.5 Å². The first-order chi connectivity index (χ1) is 25.2. The summed E-state index contributed by atoms with van der Waals surface area (Å²) < 4.78 is 2.02. The van der Waals surface area contributed by atoms with Crippen LogP contribution in [0.5, 0.6) is 0 Å². The number of aryl methyl sites for hydroxylation is 2. The van der Waals surface area contributed by atoms with Gasteiger partial charge in [-0.3, -0.25) is 29.0 Å². The molecule has 4 heterocycles. The molecule has 0 unspecified atom stereocenters. The second-order valence-electron chi connectivity index (χ2n) is 12.9. The second-order valence-corrected chi connectivity index (χ2v) is 12.9. The summed E-state index contributed by atoms with van der Waals surface area (Å²) >= 11 is 0. The average molecular weight is 706 g/mol. The monoisotopic (exact) mass is 705 g/mol. The van der Waals surface area contributed by atoms with Gasteiger partial charge in [-0.1, -0.05) is 31.2 Å². The second kappa shape index (κ2) is 16.3. The maximum atomic E-state index is 13.7. The molecule has 0 spiro atoms. The van der Waals surface area contributed by atoms with E-state index >= 15 is 0 Å². The van der Waals surface area contributed by atoms with E-state index in [1.165, 1.54) is 11.1 Å². The molecule has 2 atom stereocenters. The topological polar surface area (TPSA) is 183 Å². The normalized spacial score (nSPS) is 18.6. The predicted molar refractivity (Wildman–Crippen MR) is 195 cm³/mol. The van der Waals surface area contributed by atoms with Gasteiger partial charge in [-0.25, -0.2) is 4.98 Å². The zero-order chi connectivity index (χ0) is 36.6. The third-order valence-corrected chi connectivity index (χ3v) is 9.25. The predicted octanol–water partition coefficient (Wildman–Crippen LogP) is 2.63. The highest BCUT2D eigenvalue weighted by Crippen LogP contribution is 2.20. The number of benzene rings is 2. The first-order valence-electron chi connectivity index (χ1n) is 17.6. The Morgan fingerprint density at radius 3 is 2.48 bits per heavy atom. The van der Waals surface area contributed by atoms with Gasteiger partial charge in [0.05, 0.1) is 17.6 Å². The van der Waals surface area contributed by atoms with Crippen LogP contribution in [0, 0.1) is 6.92 Å². The van der Waals surface area contributed by atoms with Crippen LogP contribution in [0.2, 0.25) is 0 Å². The van der Waals surface area contributed by atoms with Crippen molar-refractivity contribution in [2.24, 2.45) is 0 Å². The molecule has 2 bridgehead atoms. The summed E-state index contributed by atoms with van der Waals surface area (Å²) in [5.74, 6) is -1.38. The lowest BCUT2D eigenvalue weighted by Gasteiger charge is -2.25. The SMILES string of the molecule is CC[C@@H]1NC(=O)CN(C(=O)c2ccccn2)CCCNC(=O)c2ccc3nc(C)n(c3c2)CCCNC(=O)[C@@H](Cc2c[nH]c3ccccc23)NC1=O. The summed E-state index contributed by atoms with van der Waals surface area (Å²) in [6.45, 7) is 4.57. The van der Waals surface area contributed by atoms with Gasteiger partial charge in [0.25, 0.3) is 11.8 Å². The Bertz CT molecular complexity index is 2090. The minimum absolute atomic E-state index is 0.143. The highest BCUT2D eigenvalue weighted by molar-refractivity contribution is 5.98. The summed E-state index contributed by atoms with van der Waals surface area (Å²) in [5, 5.41) is 12.5. The van der Waals surface area contributed by atoms with Crippen molar-refractivity contribution in [1.29, 1.82) is 0 Å². The number of para-hydroxylation sites is 1. The maximum Gasteiger partial charge on any atom is 0.272 e. The molecular formula is C38H43N9O5. The number of nitrogens with zero attached hydrogens (tertiary/aromatic N) is 4. The molecule has 0 aliphatic carbocycles. The summed E-state index contributed by atoms with van der Waals surface area (Å²) in [6.07, 6.45) is 4.73. The Hall–Kier alpha value is -6.05. The number of fused-ring (bicyclic) bond motifs is 2. The largest absolute Gasteiger partial charge is 0.361 e. The van der Waals surface area contributed by atoms with E-state index in [0.717, 1.165) is 33.3 Å². The molecule has 0 saturated carbocycles. The fourth-order valence-corrected chi connectivity index (χ4v) is 6.48. The number of carbonyl (C=O) groups is 5. The third kappa shape index (κ3) is 8.28. The Balaban J connectivity index is 1.27. The first-order valence-corrected chi connectivity index (χ1v) is 17.6. The number of pyridine rings is 1. The van der Waals surface area contributed by atoms with E-state index < -0.39 is 29.8 Å². The zero-order valence-electron chi connectivity index (χ0n) is 29.3. The average Bonchev–Trinajstić information content (AvgIpc) is 3.71. The molecule has 14 heteroatoms. The smallest absolute Gasteiger partial charge is 0.272 e. The van der Waals surface area contributed by atoms with Gasteiger partial charge in [0, 0.05) is 61.5 Å². The van der Waals surface area contributed by atoms with Crippen molar-refractivity contribution in [2.45, 2.75) is 58.2 Å². The summed E-state index contributed by atoms with van der Waals surface area (Å²) in [4.78, 5) is 80.9. The van der Waals surface area contributed by atoms with Crippen molar-refractivity contribution < 1.29 is 24.0 Å². The fraction of sp³-hybridized carbons (Fsp3) is 0.342. The van der Waals surface area contributed by atoms with E-state index in [-0.39, 0.29) is 50.0 Å². The lowest BCUT2D eigenvalue weighted by atomic mass is 10.0. The standard InChI is InChI=1S/C38H43N9O5/c1-3-28-37(51)45-32(20-26-22-42-29-11-5-4-10-27(26)29)36(50)41-17-9-19-47-24(2)43-30-14-13-25(21-33(30)47)35(49)40-16-8-18-46(23-34(48)44-28)38(52)31-12-6-7-15-39-31/h4-7,10-15,21-22,28,32,42H,3,8-9,16-20,23H2,1-2H3,(H,40,49)(H,41,50)(H,44,48)(H,45,51)/t28-,32+/m0/s1. The summed E-state index contributed by atoms with van der Waals surface area (Å²) in [6, 6.07) is 16.1. The van der Waals surface area contributed by atoms with E-state index in [1.54, 1.807) is 43.3 Å². The lowest BCUT2D eigenvalue weighted by Crippen LogP contribution is -2.55. The molecule has 14 nitrogen and oxygen atoms in total. The number of nitrogens with one attached hydrogen (secondary N) is 5. The van der Waals surface area contributed by atoms with Crippen LogP contribution in [0.4, 0.5) is 0 Å². The molecular weight excluding hydrogens is 662 g/mol. The minimum atomic E-state index is -0.963. The Kier molecular flexibility index (Phi) is 11.2. The highest BCUT2D eigenvalue weighted by Gasteiger charge is 2.28. The Morgan fingerprint density at radius 2 is 1.67 bits per heavy atom. The zero-order valence-corrected chi connectivity index (χ0v) is 29.3. The number of aromatic amines is 1. The molecule has 1 aliphatic rings. The number of imidazole rings is 1. The van der Waals surface area contributed by atoms with E-state index in [9.17, 15) is 24.0 Å². The van der Waals surface area contributed by atoms with E-state index in [4.69, 9.17) is 0 Å². The molecule has 2 aromatic carbocycles. The van der Waals surface area contributed by atoms with E-state index in [1.807, 2.05) is 42.0 Å². The molecule has 5 aromatic rings. The van der Waals surface area contributed by atoms with Crippen LogP contribution >= 0.6 is 0 Å². The van der Waals surface area contributed by atoms with Gasteiger partial charge in [0.2, 0.25) is 17.7 Å². The number of carbonyl (C=O) groups excluding carboxylic acids is 5. The Labute approximate surface area is 300 Å². The van der Waals surface area contributed by atoms with Gasteiger partial charge in [-0.2, -0.15) is 0 Å². The maximum absolute atomic E-state index is 13.7. The van der Waals surface area contributed by atoms with Crippen LogP contribution in [0.25, 0.3) is 21.9 Å². The van der Waals surface area contributed by atoms with Crippen molar-refractivity contribution in [3.63, 3.8) is 0 Å². The molecule has 1 aliphatic heterocycles. The van der Waals surface area contributed by atoms with Crippen LogP contribution in [0.1, 0.15) is 58.4 Å². The van der Waals surface area contributed by atoms with Crippen LogP contribution in [0.15, 0.2) is 73.1 Å². The molecule has 0 saturated heterocycles. The number of H-pyrrole nitrogens is 1. The molecule has 0 radical (unpaired) electrons. The third-order valence-electron chi connectivity index (χ3n) is 9.25. The van der Waals surface area contributed by atoms with Gasteiger partial charge in [-0.05, 0) is 68.1 Å². The molecule has 270 valence electrons. The highest BCUT2D eigenvalue weighted by atomic mass is 16.2. The van der Waals surface area contributed by atoms with Crippen LogP contribution < -0.4 is 21.3 Å². The molecule has 5 N–H and O–H groups in total. The molecule has 5 amide bonds. The molecule has 3 aromatic heterocycles. The molecule has 6 rings (SSSR count). The van der Waals surface area contributed by atoms with Gasteiger partial charge in [-0.15, -0.1) is 0 Å². The minimum Gasteiger partial charge on any atom is -0.361 e. The summed E-state index contributed by atoms with van der Waals surface area (Å²) in [5.41, 5.74) is 3.95. The van der Waals surface area contributed by atoms with Crippen molar-refractivity contribution in [3.05, 3.63) is 95.7 Å². The van der Waals surface area contributed by atoms with E-state index in [2.05, 4.69) is 36.2 Å². The quantitative estimate of drug-likeness (QED) is 0.190. The molecule has 0 fully saturated rings. The number of hydrogen-bond acceptors (Lipinski definition) is 7. The van der Waals surface area contributed by atoms with Gasteiger partial charge < -0.3 is 35.7 Å². The molecule has 52 heavy (non-hydrogen) atoms. The first kappa shape index (κ1) is 35.8. The van der Waals surface area contributed by atoms with Crippen LogP contribution in [0.3, 0.4) is 0 Å². The van der Waals surface area contributed by atoms with Crippen molar-refractivity contribution in [2.75, 3.05) is 26.2 Å².